The number of hydrogen-bond acceptors (Lipinski definition) is 2. The van der Waals surface area contributed by atoms with Crippen LogP contribution in [0.5, 0.6) is 0 Å². The minimum atomic E-state index is 0.449. The fraction of sp³-hybridized carbons (Fsp3) is 0.300. The largest absolute Gasteiger partial charge is 0.357 e. The summed E-state index contributed by atoms with van der Waals surface area (Å²) >= 11 is 0. The summed E-state index contributed by atoms with van der Waals surface area (Å²) in [4.78, 5) is 8.83. The molecule has 5 rings (SSSR count). The number of rotatable bonds is 1. The number of aromatic amines is 1. The van der Waals surface area contributed by atoms with Crippen LogP contribution < -0.4 is 4.90 Å². The van der Waals surface area contributed by atoms with Crippen LogP contribution >= 0.6 is 0 Å². The number of hydrogen-bond donors (Lipinski definition) is 1. The van der Waals surface area contributed by atoms with Crippen molar-refractivity contribution in [1.29, 1.82) is 0 Å². The quantitative estimate of drug-likeness (QED) is 0.736. The van der Waals surface area contributed by atoms with Gasteiger partial charge < -0.3 is 9.88 Å². The van der Waals surface area contributed by atoms with E-state index in [-0.39, 0.29) is 0 Å². The van der Waals surface area contributed by atoms with Gasteiger partial charge >= 0.3 is 0 Å². The fourth-order valence-electron chi connectivity index (χ4n) is 4.37. The molecule has 2 aliphatic rings. The van der Waals surface area contributed by atoms with E-state index in [0.717, 1.165) is 19.6 Å². The molecule has 1 N–H and O–H groups in total. The van der Waals surface area contributed by atoms with E-state index in [1.165, 1.54) is 27.8 Å². The Kier molecular flexibility index (Phi) is 2.79. The lowest BCUT2D eigenvalue weighted by Crippen LogP contribution is -2.39. The van der Waals surface area contributed by atoms with Crippen molar-refractivity contribution in [1.82, 2.24) is 9.88 Å². The molecule has 3 aromatic rings. The first-order chi connectivity index (χ1) is 11.3. The summed E-state index contributed by atoms with van der Waals surface area (Å²) in [6, 6.07) is 20.6. The van der Waals surface area contributed by atoms with Crippen molar-refractivity contribution >= 4 is 16.6 Å². The van der Waals surface area contributed by atoms with Crippen molar-refractivity contribution in [2.45, 2.75) is 25.4 Å². The number of fused-ring (bicyclic) bond motifs is 4. The minimum Gasteiger partial charge on any atom is -0.357 e. The molecule has 0 amide bonds. The Morgan fingerprint density at radius 2 is 1.78 bits per heavy atom. The first-order valence-corrected chi connectivity index (χ1v) is 8.46. The SMILES string of the molecule is CC1c2[nH]c3ccccc3c2CC2CN(c3ccccc3)CN21. The van der Waals surface area contributed by atoms with Crippen molar-refractivity contribution in [2.75, 3.05) is 18.1 Å². The maximum atomic E-state index is 3.67. The van der Waals surface area contributed by atoms with Crippen LogP contribution in [0.2, 0.25) is 0 Å². The molecule has 0 radical (unpaired) electrons. The predicted octanol–water partition coefficient (Wildman–Crippen LogP) is 3.93. The maximum Gasteiger partial charge on any atom is 0.0716 e. The molecule has 1 aromatic heterocycles. The molecule has 3 nitrogen and oxygen atoms in total. The number of para-hydroxylation sites is 2. The Morgan fingerprint density at radius 3 is 2.65 bits per heavy atom. The molecule has 1 fully saturated rings. The number of anilines is 1. The van der Waals surface area contributed by atoms with Crippen LogP contribution in [0.3, 0.4) is 0 Å². The standard InChI is InChI=1S/C20H21N3/c1-14-20-18(17-9-5-6-10-19(17)21-20)11-16-12-22(13-23(14)16)15-7-3-2-4-8-15/h2-10,14,16,21H,11-13H2,1H3. The molecular formula is C20H21N3. The highest BCUT2D eigenvalue weighted by atomic mass is 15.4. The van der Waals surface area contributed by atoms with Crippen molar-refractivity contribution in [2.24, 2.45) is 0 Å². The van der Waals surface area contributed by atoms with Crippen molar-refractivity contribution in [3.8, 4) is 0 Å². The van der Waals surface area contributed by atoms with Gasteiger partial charge in [-0.1, -0.05) is 36.4 Å². The molecule has 2 aromatic carbocycles. The molecule has 2 unspecified atom stereocenters. The molecule has 3 heteroatoms. The summed E-state index contributed by atoms with van der Waals surface area (Å²) in [5, 5.41) is 1.41. The van der Waals surface area contributed by atoms with Crippen LogP contribution in [-0.2, 0) is 6.42 Å². The van der Waals surface area contributed by atoms with E-state index in [0.29, 0.717) is 12.1 Å². The Bertz CT molecular complexity index is 852. The molecule has 3 heterocycles. The van der Waals surface area contributed by atoms with E-state index < -0.39 is 0 Å². The monoisotopic (exact) mass is 303 g/mol. The van der Waals surface area contributed by atoms with Gasteiger partial charge in [0.1, 0.15) is 0 Å². The Balaban J connectivity index is 1.52. The van der Waals surface area contributed by atoms with Crippen LogP contribution in [0.4, 0.5) is 5.69 Å². The van der Waals surface area contributed by atoms with Gasteiger partial charge in [0.2, 0.25) is 0 Å². The first kappa shape index (κ1) is 13.2. The molecule has 0 aliphatic carbocycles. The van der Waals surface area contributed by atoms with Crippen LogP contribution in [0.25, 0.3) is 10.9 Å². The molecule has 116 valence electrons. The van der Waals surface area contributed by atoms with Crippen molar-refractivity contribution in [3.05, 3.63) is 65.9 Å². The maximum absolute atomic E-state index is 3.67. The first-order valence-electron chi connectivity index (χ1n) is 8.46. The number of H-pyrrole nitrogens is 1. The van der Waals surface area contributed by atoms with Crippen molar-refractivity contribution < 1.29 is 0 Å². The zero-order chi connectivity index (χ0) is 15.4. The summed E-state index contributed by atoms with van der Waals surface area (Å²) in [5.74, 6) is 0. The number of nitrogens with zero attached hydrogens (tertiary/aromatic N) is 2. The van der Waals surface area contributed by atoms with Gasteiger partial charge in [-0.3, -0.25) is 4.90 Å². The summed E-state index contributed by atoms with van der Waals surface area (Å²) in [6.45, 7) is 4.48. The van der Waals surface area contributed by atoms with Gasteiger partial charge in [0.25, 0.3) is 0 Å². The normalized spacial score (nSPS) is 24.0. The van der Waals surface area contributed by atoms with Gasteiger partial charge in [-0.25, -0.2) is 0 Å². The highest BCUT2D eigenvalue weighted by Crippen LogP contribution is 2.40. The van der Waals surface area contributed by atoms with Crippen molar-refractivity contribution in [3.63, 3.8) is 0 Å². The van der Waals surface area contributed by atoms with Gasteiger partial charge in [0, 0.05) is 40.9 Å². The smallest absolute Gasteiger partial charge is 0.0716 e. The van der Waals surface area contributed by atoms with Gasteiger partial charge in [-0.2, -0.15) is 0 Å². The predicted molar refractivity (Wildman–Crippen MR) is 94.7 cm³/mol. The van der Waals surface area contributed by atoms with Gasteiger partial charge in [0.05, 0.1) is 6.67 Å². The number of aromatic nitrogens is 1. The molecule has 0 bridgehead atoms. The summed E-state index contributed by atoms with van der Waals surface area (Å²) in [7, 11) is 0. The van der Waals surface area contributed by atoms with E-state index in [4.69, 9.17) is 0 Å². The molecular weight excluding hydrogens is 282 g/mol. The second kappa shape index (κ2) is 4.87. The molecule has 1 saturated heterocycles. The average Bonchev–Trinajstić information content (AvgIpc) is 3.18. The highest BCUT2D eigenvalue weighted by molar-refractivity contribution is 5.85. The third-order valence-corrected chi connectivity index (χ3v) is 5.56. The Labute approximate surface area is 136 Å². The lowest BCUT2D eigenvalue weighted by atomic mass is 9.93. The molecule has 0 saturated carbocycles. The summed E-state index contributed by atoms with van der Waals surface area (Å²) in [5.41, 5.74) is 5.56. The van der Waals surface area contributed by atoms with Crippen LogP contribution in [-0.4, -0.2) is 29.1 Å². The highest BCUT2D eigenvalue weighted by Gasteiger charge is 2.39. The summed E-state index contributed by atoms with van der Waals surface area (Å²) < 4.78 is 0. The second-order valence-electron chi connectivity index (χ2n) is 6.81. The van der Waals surface area contributed by atoms with Crippen LogP contribution in [0, 0.1) is 0 Å². The topological polar surface area (TPSA) is 22.3 Å². The van der Waals surface area contributed by atoms with E-state index >= 15 is 0 Å². The lowest BCUT2D eigenvalue weighted by molar-refractivity contribution is 0.178. The van der Waals surface area contributed by atoms with E-state index in [1.807, 2.05) is 0 Å². The van der Waals surface area contributed by atoms with Gasteiger partial charge in [-0.15, -0.1) is 0 Å². The lowest BCUT2D eigenvalue weighted by Gasteiger charge is -2.34. The Hall–Kier alpha value is -2.26. The second-order valence-corrected chi connectivity index (χ2v) is 6.81. The van der Waals surface area contributed by atoms with Crippen LogP contribution in [0.15, 0.2) is 54.6 Å². The summed E-state index contributed by atoms with van der Waals surface area (Å²) in [6.07, 6.45) is 1.15. The van der Waals surface area contributed by atoms with Crippen LogP contribution in [0.1, 0.15) is 24.2 Å². The average molecular weight is 303 g/mol. The zero-order valence-electron chi connectivity index (χ0n) is 13.4. The van der Waals surface area contributed by atoms with E-state index in [9.17, 15) is 0 Å². The molecule has 2 atom stereocenters. The molecule has 2 aliphatic heterocycles. The fourth-order valence-corrected chi connectivity index (χ4v) is 4.37. The molecule has 23 heavy (non-hydrogen) atoms. The van der Waals surface area contributed by atoms with Gasteiger partial charge in [0.15, 0.2) is 0 Å². The number of nitrogens with one attached hydrogen (secondary N) is 1. The van der Waals surface area contributed by atoms with E-state index in [2.05, 4.69) is 76.3 Å². The number of benzene rings is 2. The Morgan fingerprint density at radius 1 is 1.00 bits per heavy atom. The molecule has 0 spiro atoms. The minimum absolute atomic E-state index is 0.449. The third kappa shape index (κ3) is 1.93. The zero-order valence-corrected chi connectivity index (χ0v) is 13.4. The van der Waals surface area contributed by atoms with E-state index in [1.54, 1.807) is 0 Å². The van der Waals surface area contributed by atoms with Gasteiger partial charge in [-0.05, 0) is 37.1 Å². The third-order valence-electron chi connectivity index (χ3n) is 5.56.